The molecule has 1 aromatic carbocycles. The summed E-state index contributed by atoms with van der Waals surface area (Å²) in [6.45, 7) is 6.12. The highest BCUT2D eigenvalue weighted by molar-refractivity contribution is 5.91. The number of aryl methyl sites for hydroxylation is 1. The summed E-state index contributed by atoms with van der Waals surface area (Å²) < 4.78 is 7.20. The van der Waals surface area contributed by atoms with E-state index in [1.54, 1.807) is 22.8 Å². The summed E-state index contributed by atoms with van der Waals surface area (Å²) in [6.07, 6.45) is 0.0110. The number of aromatic carboxylic acids is 1. The number of carboxylic acids is 1. The van der Waals surface area contributed by atoms with Crippen LogP contribution in [0.4, 0.5) is 0 Å². The molecule has 0 spiro atoms. The summed E-state index contributed by atoms with van der Waals surface area (Å²) in [4.78, 5) is 23.2. The smallest absolute Gasteiger partial charge is 0.352 e. The van der Waals surface area contributed by atoms with Gasteiger partial charge in [0.2, 0.25) is 0 Å². The molecule has 0 aliphatic heterocycles. The molecule has 0 bridgehead atoms. The van der Waals surface area contributed by atoms with Crippen molar-refractivity contribution in [3.05, 3.63) is 40.2 Å². The first-order chi connectivity index (χ1) is 9.43. The van der Waals surface area contributed by atoms with E-state index in [2.05, 4.69) is 0 Å². The normalized spacial score (nSPS) is 11.0. The van der Waals surface area contributed by atoms with Gasteiger partial charge in [0.1, 0.15) is 11.4 Å². The highest BCUT2D eigenvalue weighted by Crippen LogP contribution is 2.21. The average Bonchev–Trinajstić information content (AvgIpc) is 2.37. The van der Waals surface area contributed by atoms with Crippen LogP contribution in [0.2, 0.25) is 0 Å². The molecular formula is C15H17NO4. The van der Waals surface area contributed by atoms with Gasteiger partial charge in [-0.25, -0.2) is 4.79 Å². The van der Waals surface area contributed by atoms with E-state index in [0.29, 0.717) is 23.2 Å². The third kappa shape index (κ3) is 2.52. The van der Waals surface area contributed by atoms with Gasteiger partial charge in [-0.3, -0.25) is 4.79 Å². The number of benzene rings is 1. The van der Waals surface area contributed by atoms with Crippen LogP contribution in [0.1, 0.15) is 31.3 Å². The molecule has 0 radical (unpaired) electrons. The minimum Gasteiger partial charge on any atom is -0.491 e. The maximum absolute atomic E-state index is 12.0. The van der Waals surface area contributed by atoms with Gasteiger partial charge in [-0.1, -0.05) is 0 Å². The predicted molar refractivity (Wildman–Crippen MR) is 76.6 cm³/mol. The lowest BCUT2D eigenvalue weighted by molar-refractivity contribution is 0.0685. The molecule has 1 heterocycles. The molecule has 2 aromatic rings. The van der Waals surface area contributed by atoms with Gasteiger partial charge in [0.15, 0.2) is 5.43 Å². The van der Waals surface area contributed by atoms with Gasteiger partial charge < -0.3 is 14.4 Å². The van der Waals surface area contributed by atoms with E-state index < -0.39 is 5.97 Å². The van der Waals surface area contributed by atoms with Gasteiger partial charge in [0.25, 0.3) is 0 Å². The van der Waals surface area contributed by atoms with Crippen LogP contribution < -0.4 is 10.2 Å². The first-order valence-corrected chi connectivity index (χ1v) is 6.51. The van der Waals surface area contributed by atoms with Crippen molar-refractivity contribution < 1.29 is 14.6 Å². The Morgan fingerprint density at radius 2 is 2.05 bits per heavy atom. The lowest BCUT2D eigenvalue weighted by atomic mass is 10.1. The van der Waals surface area contributed by atoms with Crippen LogP contribution in [-0.4, -0.2) is 21.7 Å². The number of ether oxygens (including phenoxy) is 1. The molecule has 0 aliphatic rings. The Hall–Kier alpha value is -2.30. The van der Waals surface area contributed by atoms with Crippen molar-refractivity contribution >= 4 is 16.9 Å². The van der Waals surface area contributed by atoms with E-state index in [0.717, 1.165) is 6.07 Å². The summed E-state index contributed by atoms with van der Waals surface area (Å²) in [5.74, 6) is -0.488. The molecule has 20 heavy (non-hydrogen) atoms. The second-order valence-corrected chi connectivity index (χ2v) is 4.79. The Kier molecular flexibility index (Phi) is 3.79. The van der Waals surface area contributed by atoms with Crippen LogP contribution in [0.3, 0.4) is 0 Å². The van der Waals surface area contributed by atoms with Crippen molar-refractivity contribution in [1.82, 2.24) is 4.57 Å². The molecule has 2 rings (SSSR count). The van der Waals surface area contributed by atoms with Gasteiger partial charge in [-0.2, -0.15) is 0 Å². The van der Waals surface area contributed by atoms with Crippen LogP contribution in [0.15, 0.2) is 29.1 Å². The van der Waals surface area contributed by atoms with E-state index in [1.807, 2.05) is 20.8 Å². The maximum Gasteiger partial charge on any atom is 0.352 e. The molecule has 106 valence electrons. The van der Waals surface area contributed by atoms with Gasteiger partial charge in [0, 0.05) is 24.1 Å². The molecule has 0 amide bonds. The largest absolute Gasteiger partial charge is 0.491 e. The Morgan fingerprint density at radius 1 is 1.35 bits per heavy atom. The van der Waals surface area contributed by atoms with Crippen molar-refractivity contribution in [2.45, 2.75) is 33.4 Å². The molecule has 0 saturated carbocycles. The minimum absolute atomic E-state index is 0.00769. The number of fused-ring (bicyclic) bond motifs is 1. The fourth-order valence-corrected chi connectivity index (χ4v) is 2.22. The third-order valence-electron chi connectivity index (χ3n) is 2.99. The van der Waals surface area contributed by atoms with E-state index >= 15 is 0 Å². The highest BCUT2D eigenvalue weighted by Gasteiger charge is 2.14. The molecule has 5 heteroatoms. The fourth-order valence-electron chi connectivity index (χ4n) is 2.22. The van der Waals surface area contributed by atoms with Crippen molar-refractivity contribution in [2.75, 3.05) is 0 Å². The van der Waals surface area contributed by atoms with Crippen LogP contribution in [0, 0.1) is 0 Å². The second kappa shape index (κ2) is 5.36. The van der Waals surface area contributed by atoms with E-state index in [9.17, 15) is 14.7 Å². The zero-order valence-electron chi connectivity index (χ0n) is 11.7. The number of rotatable bonds is 4. The zero-order chi connectivity index (χ0) is 14.9. The summed E-state index contributed by atoms with van der Waals surface area (Å²) in [5.41, 5.74) is 0.278. The van der Waals surface area contributed by atoms with Crippen LogP contribution in [0.25, 0.3) is 10.9 Å². The first kappa shape index (κ1) is 14.1. The molecule has 0 unspecified atom stereocenters. The van der Waals surface area contributed by atoms with Crippen molar-refractivity contribution in [3.63, 3.8) is 0 Å². The highest BCUT2D eigenvalue weighted by atomic mass is 16.5. The standard InChI is InChI=1S/C15H17NO4/c1-4-16-12-7-10(20-9(2)3)5-6-11(12)14(17)8-13(16)15(18)19/h5-9H,4H2,1-3H3,(H,18,19). The predicted octanol–water partition coefficient (Wildman–Crippen LogP) is 2.51. The molecule has 1 aromatic heterocycles. The number of carboxylic acid groups (broad SMARTS) is 1. The average molecular weight is 275 g/mol. The molecule has 1 N–H and O–H groups in total. The fraction of sp³-hybridized carbons (Fsp3) is 0.333. The number of nitrogens with zero attached hydrogens (tertiary/aromatic N) is 1. The number of aromatic nitrogens is 1. The summed E-state index contributed by atoms with van der Waals surface area (Å²) >= 11 is 0. The Morgan fingerprint density at radius 3 is 2.60 bits per heavy atom. The van der Waals surface area contributed by atoms with Crippen molar-refractivity contribution in [3.8, 4) is 5.75 Å². The van der Waals surface area contributed by atoms with Crippen LogP contribution in [0.5, 0.6) is 5.75 Å². The van der Waals surface area contributed by atoms with Gasteiger partial charge in [0.05, 0.1) is 11.6 Å². The molecular weight excluding hydrogens is 258 g/mol. The lowest BCUT2D eigenvalue weighted by Gasteiger charge is -2.15. The maximum atomic E-state index is 12.0. The summed E-state index contributed by atoms with van der Waals surface area (Å²) in [7, 11) is 0. The lowest BCUT2D eigenvalue weighted by Crippen LogP contribution is -2.17. The van der Waals surface area contributed by atoms with Crippen molar-refractivity contribution in [1.29, 1.82) is 0 Å². The zero-order valence-corrected chi connectivity index (χ0v) is 11.7. The third-order valence-corrected chi connectivity index (χ3v) is 2.99. The quantitative estimate of drug-likeness (QED) is 0.930. The van der Waals surface area contributed by atoms with Gasteiger partial charge in [-0.05, 0) is 32.9 Å². The topological polar surface area (TPSA) is 68.5 Å². The van der Waals surface area contributed by atoms with Crippen LogP contribution in [-0.2, 0) is 6.54 Å². The first-order valence-electron chi connectivity index (χ1n) is 6.51. The molecule has 0 fully saturated rings. The van der Waals surface area contributed by atoms with Crippen LogP contribution >= 0.6 is 0 Å². The SMILES string of the molecule is CCn1c(C(=O)O)cc(=O)c2ccc(OC(C)C)cc21. The van der Waals surface area contributed by atoms with Gasteiger partial charge >= 0.3 is 5.97 Å². The Labute approximate surface area is 116 Å². The summed E-state index contributed by atoms with van der Waals surface area (Å²) in [5, 5.41) is 9.70. The number of carbonyl (C=O) groups is 1. The van der Waals surface area contributed by atoms with Crippen molar-refractivity contribution in [2.24, 2.45) is 0 Å². The monoisotopic (exact) mass is 275 g/mol. The number of hydrogen-bond donors (Lipinski definition) is 1. The molecule has 5 nitrogen and oxygen atoms in total. The molecule has 0 atom stereocenters. The number of hydrogen-bond acceptors (Lipinski definition) is 3. The molecule has 0 aliphatic carbocycles. The Balaban J connectivity index is 2.76. The second-order valence-electron chi connectivity index (χ2n) is 4.79. The number of pyridine rings is 1. The van der Waals surface area contributed by atoms with Gasteiger partial charge in [-0.15, -0.1) is 0 Å². The van der Waals surface area contributed by atoms with E-state index in [-0.39, 0.29) is 17.2 Å². The van der Waals surface area contributed by atoms with E-state index in [4.69, 9.17) is 4.74 Å². The van der Waals surface area contributed by atoms with E-state index in [1.165, 1.54) is 0 Å². The summed E-state index contributed by atoms with van der Waals surface area (Å²) in [6, 6.07) is 6.28. The minimum atomic E-state index is -1.11. The molecule has 0 saturated heterocycles. The Bertz CT molecular complexity index is 716.